The lowest BCUT2D eigenvalue weighted by molar-refractivity contribution is -0.143. The van der Waals surface area contributed by atoms with E-state index in [4.69, 9.17) is 5.11 Å². The van der Waals surface area contributed by atoms with E-state index in [0.29, 0.717) is 49.0 Å². The molecule has 1 saturated carbocycles. The lowest BCUT2D eigenvalue weighted by Crippen LogP contribution is -2.40. The van der Waals surface area contributed by atoms with Gasteiger partial charge in [0.25, 0.3) is 5.56 Å². The second-order valence-electron chi connectivity index (χ2n) is 8.11. The Kier molecular flexibility index (Phi) is 6.10. The van der Waals surface area contributed by atoms with Crippen LogP contribution in [0.15, 0.2) is 46.1 Å². The third kappa shape index (κ3) is 4.49. The van der Waals surface area contributed by atoms with E-state index in [1.165, 1.54) is 20.3 Å². The lowest BCUT2D eigenvalue weighted by Gasteiger charge is -2.26. The van der Waals surface area contributed by atoms with Crippen molar-refractivity contribution in [3.8, 4) is 11.8 Å². The molecule has 1 aliphatic carbocycles. The van der Waals surface area contributed by atoms with Crippen LogP contribution in [-0.4, -0.2) is 20.0 Å². The van der Waals surface area contributed by atoms with Gasteiger partial charge in [0.05, 0.1) is 10.8 Å². The summed E-state index contributed by atoms with van der Waals surface area (Å²) < 4.78 is 2.83. The van der Waals surface area contributed by atoms with Crippen LogP contribution in [-0.2, 0) is 17.8 Å². The Labute approximate surface area is 183 Å². The molecule has 4 rings (SSSR count). The van der Waals surface area contributed by atoms with Gasteiger partial charge in [-0.2, -0.15) is 0 Å². The highest BCUT2D eigenvalue weighted by Gasteiger charge is 2.27. The number of benzene rings is 1. The number of fused-ring (bicyclic) bond motifs is 1. The molecule has 0 unspecified atom stereocenters. The molecule has 0 radical (unpaired) electrons. The van der Waals surface area contributed by atoms with Crippen LogP contribution in [0.2, 0.25) is 0 Å². The Bertz CT molecular complexity index is 1280. The molecule has 2 heterocycles. The highest BCUT2D eigenvalue weighted by atomic mass is 32.1. The van der Waals surface area contributed by atoms with Gasteiger partial charge in [-0.1, -0.05) is 42.2 Å². The number of thiazole rings is 1. The molecule has 0 amide bonds. The Balaban J connectivity index is 1.58. The van der Waals surface area contributed by atoms with Crippen molar-refractivity contribution in [2.24, 2.45) is 11.8 Å². The maximum absolute atomic E-state index is 13.0. The summed E-state index contributed by atoms with van der Waals surface area (Å²) in [7, 11) is 0. The van der Waals surface area contributed by atoms with Gasteiger partial charge in [0.15, 0.2) is 0 Å². The molecule has 3 aromatic rings. The predicted octanol–water partition coefficient (Wildman–Crippen LogP) is 3.32. The number of carbonyl (C=O) groups is 1. The third-order valence-corrected chi connectivity index (χ3v) is 7.10. The van der Waals surface area contributed by atoms with Crippen LogP contribution in [0.4, 0.5) is 0 Å². The zero-order valence-corrected chi connectivity index (χ0v) is 18.2. The van der Waals surface area contributed by atoms with Gasteiger partial charge in [0.2, 0.25) is 0 Å². The molecule has 160 valence electrons. The van der Waals surface area contributed by atoms with E-state index in [1.807, 2.05) is 30.3 Å². The number of aliphatic carboxylic acids is 1. The van der Waals surface area contributed by atoms with Crippen LogP contribution in [0.5, 0.6) is 0 Å². The number of aromatic nitrogens is 2. The van der Waals surface area contributed by atoms with Gasteiger partial charge < -0.3 is 5.11 Å². The number of aryl methyl sites for hydroxylation is 1. The second-order valence-corrected chi connectivity index (χ2v) is 9.14. The lowest BCUT2D eigenvalue weighted by atomic mass is 9.82. The molecule has 0 atom stereocenters. The van der Waals surface area contributed by atoms with Gasteiger partial charge in [0.1, 0.15) is 4.83 Å². The van der Waals surface area contributed by atoms with Crippen molar-refractivity contribution in [3.63, 3.8) is 0 Å². The minimum atomic E-state index is -0.757. The van der Waals surface area contributed by atoms with Crippen molar-refractivity contribution in [1.29, 1.82) is 0 Å². The Morgan fingerprint density at radius 1 is 1.16 bits per heavy atom. The second kappa shape index (κ2) is 8.94. The highest BCUT2D eigenvalue weighted by Crippen LogP contribution is 2.29. The van der Waals surface area contributed by atoms with Crippen LogP contribution < -0.4 is 11.2 Å². The fourth-order valence-corrected chi connectivity index (χ4v) is 5.12. The van der Waals surface area contributed by atoms with E-state index < -0.39 is 5.97 Å². The summed E-state index contributed by atoms with van der Waals surface area (Å²) >= 11 is 1.36. The first-order chi connectivity index (χ1) is 14.9. The average molecular weight is 437 g/mol. The van der Waals surface area contributed by atoms with Crippen molar-refractivity contribution in [3.05, 3.63) is 73.4 Å². The van der Waals surface area contributed by atoms with E-state index in [2.05, 4.69) is 11.8 Å². The molecule has 0 saturated heterocycles. The largest absolute Gasteiger partial charge is 0.481 e. The normalized spacial score (nSPS) is 18.5. The van der Waals surface area contributed by atoms with E-state index in [-0.39, 0.29) is 23.1 Å². The van der Waals surface area contributed by atoms with E-state index in [9.17, 15) is 14.4 Å². The first kappa shape index (κ1) is 21.1. The average Bonchev–Trinajstić information content (AvgIpc) is 3.21. The van der Waals surface area contributed by atoms with Gasteiger partial charge in [-0.25, -0.2) is 4.79 Å². The predicted molar refractivity (Wildman–Crippen MR) is 121 cm³/mol. The minimum Gasteiger partial charge on any atom is -0.481 e. The summed E-state index contributed by atoms with van der Waals surface area (Å²) in [5, 5.41) is 9.17. The maximum Gasteiger partial charge on any atom is 0.336 e. The number of hydrogen-bond donors (Lipinski definition) is 1. The van der Waals surface area contributed by atoms with Crippen molar-refractivity contribution in [2.45, 2.75) is 45.6 Å². The molecule has 6 nitrogen and oxygen atoms in total. The Hall–Kier alpha value is -3.11. The zero-order chi connectivity index (χ0) is 22.0. The molecule has 31 heavy (non-hydrogen) atoms. The molecule has 2 aromatic heterocycles. The summed E-state index contributed by atoms with van der Waals surface area (Å²) in [6, 6.07) is 9.95. The minimum absolute atomic E-state index is 0.141. The van der Waals surface area contributed by atoms with E-state index >= 15 is 0 Å². The standard InChI is InChI=1S/C24H24N2O4S/c1-16-21(27)25(14-18-10-12-19(13-11-18)23(28)29)24(30)26-15-20(31-22(16)26)9-5-8-17-6-3-2-4-7-17/h2-4,6-7,15,18-19H,8,10-14H2,1H3,(H,28,29). The molecular weight excluding hydrogens is 412 g/mol. The molecule has 0 bridgehead atoms. The van der Waals surface area contributed by atoms with Crippen LogP contribution in [0.25, 0.3) is 4.83 Å². The van der Waals surface area contributed by atoms with Crippen LogP contribution in [0.3, 0.4) is 0 Å². The third-order valence-electron chi connectivity index (χ3n) is 5.98. The molecule has 1 aromatic carbocycles. The topological polar surface area (TPSA) is 80.8 Å². The van der Waals surface area contributed by atoms with Gasteiger partial charge in [-0.05, 0) is 44.1 Å². The monoisotopic (exact) mass is 436 g/mol. The smallest absolute Gasteiger partial charge is 0.336 e. The summed E-state index contributed by atoms with van der Waals surface area (Å²) in [4.78, 5) is 38.5. The Morgan fingerprint density at radius 2 is 1.87 bits per heavy atom. The molecule has 0 aliphatic heterocycles. The molecule has 0 spiro atoms. The summed E-state index contributed by atoms with van der Waals surface area (Å²) in [6.07, 6.45) is 4.95. The van der Waals surface area contributed by atoms with Crippen molar-refractivity contribution in [2.75, 3.05) is 0 Å². The van der Waals surface area contributed by atoms with Crippen LogP contribution in [0.1, 0.15) is 41.7 Å². The highest BCUT2D eigenvalue weighted by molar-refractivity contribution is 7.18. The number of rotatable bonds is 4. The first-order valence-corrected chi connectivity index (χ1v) is 11.3. The number of carboxylic acid groups (broad SMARTS) is 1. The van der Waals surface area contributed by atoms with Gasteiger partial charge in [0, 0.05) is 24.7 Å². The fourth-order valence-electron chi connectivity index (χ4n) is 4.16. The van der Waals surface area contributed by atoms with Crippen molar-refractivity contribution < 1.29 is 9.90 Å². The van der Waals surface area contributed by atoms with Gasteiger partial charge in [-0.3, -0.25) is 18.6 Å². The SMILES string of the molecule is Cc1c(=O)n(CC2CCC(C(=O)O)CC2)c(=O)n2cc(C#CCc3ccccc3)sc12. The van der Waals surface area contributed by atoms with E-state index in [0.717, 1.165) is 10.4 Å². The summed E-state index contributed by atoms with van der Waals surface area (Å²) in [5.74, 6) is 5.32. The van der Waals surface area contributed by atoms with Crippen molar-refractivity contribution in [1.82, 2.24) is 8.97 Å². The van der Waals surface area contributed by atoms with Gasteiger partial charge in [-0.15, -0.1) is 11.3 Å². The molecule has 7 heteroatoms. The maximum atomic E-state index is 13.0. The molecule has 1 N–H and O–H groups in total. The Morgan fingerprint density at radius 3 is 2.55 bits per heavy atom. The van der Waals surface area contributed by atoms with E-state index in [1.54, 1.807) is 13.1 Å². The van der Waals surface area contributed by atoms with Crippen LogP contribution >= 0.6 is 11.3 Å². The number of carboxylic acids is 1. The van der Waals surface area contributed by atoms with Crippen LogP contribution in [0, 0.1) is 30.6 Å². The summed E-state index contributed by atoms with van der Waals surface area (Å²) in [5.41, 5.74) is 1.05. The van der Waals surface area contributed by atoms with Crippen molar-refractivity contribution >= 4 is 22.1 Å². The first-order valence-electron chi connectivity index (χ1n) is 10.4. The number of hydrogen-bond acceptors (Lipinski definition) is 4. The molecule has 1 aliphatic rings. The molecular formula is C24H24N2O4S. The summed E-state index contributed by atoms with van der Waals surface area (Å²) in [6.45, 7) is 2.07. The zero-order valence-electron chi connectivity index (χ0n) is 17.3. The number of nitrogens with zero attached hydrogens (tertiary/aromatic N) is 2. The fraction of sp³-hybridized carbons (Fsp3) is 0.375. The molecule has 1 fully saturated rings. The quantitative estimate of drug-likeness (QED) is 0.637. The van der Waals surface area contributed by atoms with Gasteiger partial charge >= 0.3 is 11.7 Å².